The maximum atomic E-state index is 13.7. The highest BCUT2D eigenvalue weighted by molar-refractivity contribution is 5.88. The van der Waals surface area contributed by atoms with Crippen LogP contribution in [0.1, 0.15) is 41.0 Å². The second-order valence-corrected chi connectivity index (χ2v) is 8.47. The van der Waals surface area contributed by atoms with Gasteiger partial charge in [0.15, 0.2) is 0 Å². The maximum Gasteiger partial charge on any atom is 0.336 e. The second-order valence-electron chi connectivity index (χ2n) is 8.47. The Kier molecular flexibility index (Phi) is 5.04. The molecule has 168 valence electrons. The fraction of sp³-hybridized carbons (Fsp3) is 0.269. The SMILES string of the molecule is COC(=O)C[C@H](c1cc2cccc3c2n(c1=O)CCC3)c1c(O)ccc2c(C)cc(=O)oc12. The standard InChI is InChI=1S/C26H23NO6/c1-14-11-22(30)33-25-17(14)8-9-20(28)23(25)18(13-21(29)32-2)19-12-16-6-3-5-15-7-4-10-27(24(15)16)26(19)31/h3,5-6,8-9,11-12,18,28H,4,7,10,13H2,1-2H3/t18-/m1/s1. The van der Waals surface area contributed by atoms with E-state index in [9.17, 15) is 19.5 Å². The number of pyridine rings is 1. The van der Waals surface area contributed by atoms with Gasteiger partial charge in [-0.05, 0) is 54.5 Å². The fourth-order valence-corrected chi connectivity index (χ4v) is 4.98. The first-order chi connectivity index (χ1) is 15.9. The molecule has 5 rings (SSSR count). The van der Waals surface area contributed by atoms with E-state index in [0.717, 1.165) is 29.3 Å². The number of fused-ring (bicyclic) bond motifs is 1. The Labute approximate surface area is 188 Å². The minimum Gasteiger partial charge on any atom is -0.508 e. The third-order valence-corrected chi connectivity index (χ3v) is 6.51. The van der Waals surface area contributed by atoms with E-state index >= 15 is 0 Å². The van der Waals surface area contributed by atoms with Gasteiger partial charge in [-0.2, -0.15) is 0 Å². The van der Waals surface area contributed by atoms with Gasteiger partial charge >= 0.3 is 11.6 Å². The van der Waals surface area contributed by atoms with Crippen molar-refractivity contribution >= 4 is 27.8 Å². The number of carbonyl (C=O) groups excluding carboxylic acids is 1. The quantitative estimate of drug-likeness (QED) is 0.379. The van der Waals surface area contributed by atoms with Crippen LogP contribution >= 0.6 is 0 Å². The Morgan fingerprint density at radius 1 is 1.21 bits per heavy atom. The molecule has 7 heteroatoms. The first kappa shape index (κ1) is 21.0. The Morgan fingerprint density at radius 3 is 2.82 bits per heavy atom. The van der Waals surface area contributed by atoms with E-state index in [1.807, 2.05) is 18.2 Å². The number of aromatic hydroxyl groups is 1. The van der Waals surface area contributed by atoms with Crippen LogP contribution in [-0.4, -0.2) is 22.8 Å². The van der Waals surface area contributed by atoms with Crippen LogP contribution < -0.4 is 11.2 Å². The average Bonchev–Trinajstić information content (AvgIpc) is 2.80. The molecule has 0 saturated carbocycles. The van der Waals surface area contributed by atoms with Gasteiger partial charge in [-0.3, -0.25) is 9.59 Å². The van der Waals surface area contributed by atoms with Gasteiger partial charge < -0.3 is 18.8 Å². The predicted octanol–water partition coefficient (Wildman–Crippen LogP) is 3.76. The lowest BCUT2D eigenvalue weighted by Gasteiger charge is -2.24. The predicted molar refractivity (Wildman–Crippen MR) is 124 cm³/mol. The zero-order valence-corrected chi connectivity index (χ0v) is 18.4. The number of benzene rings is 2. The molecule has 2 aromatic heterocycles. The number of methoxy groups -OCH3 is 1. The summed E-state index contributed by atoms with van der Waals surface area (Å²) in [5.41, 5.74) is 2.64. The van der Waals surface area contributed by atoms with Crippen LogP contribution in [0, 0.1) is 6.92 Å². The van der Waals surface area contributed by atoms with E-state index < -0.39 is 17.5 Å². The van der Waals surface area contributed by atoms with Crippen molar-refractivity contribution < 1.29 is 19.1 Å². The molecule has 7 nitrogen and oxygen atoms in total. The monoisotopic (exact) mass is 445 g/mol. The van der Waals surface area contributed by atoms with Crippen molar-refractivity contribution in [3.63, 3.8) is 0 Å². The van der Waals surface area contributed by atoms with Crippen molar-refractivity contribution in [2.75, 3.05) is 7.11 Å². The van der Waals surface area contributed by atoms with E-state index in [2.05, 4.69) is 0 Å². The molecule has 33 heavy (non-hydrogen) atoms. The summed E-state index contributed by atoms with van der Waals surface area (Å²) < 4.78 is 12.2. The Morgan fingerprint density at radius 2 is 2.03 bits per heavy atom. The van der Waals surface area contributed by atoms with E-state index in [1.54, 1.807) is 23.6 Å². The molecule has 3 heterocycles. The topological polar surface area (TPSA) is 98.7 Å². The van der Waals surface area contributed by atoms with Crippen molar-refractivity contribution in [2.24, 2.45) is 0 Å². The molecule has 4 aromatic rings. The van der Waals surface area contributed by atoms with Gasteiger partial charge in [0.05, 0.1) is 19.0 Å². The molecule has 1 atom stereocenters. The van der Waals surface area contributed by atoms with Gasteiger partial charge in [-0.1, -0.05) is 18.2 Å². The zero-order valence-electron chi connectivity index (χ0n) is 18.4. The lowest BCUT2D eigenvalue weighted by Crippen LogP contribution is -2.29. The number of rotatable bonds is 4. The Balaban J connectivity index is 1.86. The van der Waals surface area contributed by atoms with Crippen LogP contribution in [0.15, 0.2) is 56.5 Å². The number of phenolic OH excluding ortho intramolecular Hbond substituents is 1. The van der Waals surface area contributed by atoms with Gasteiger partial charge in [0.1, 0.15) is 11.3 Å². The summed E-state index contributed by atoms with van der Waals surface area (Å²) in [5, 5.41) is 12.4. The Hall–Kier alpha value is -3.87. The van der Waals surface area contributed by atoms with Crippen LogP contribution in [0.25, 0.3) is 21.9 Å². The lowest BCUT2D eigenvalue weighted by molar-refractivity contribution is -0.140. The first-order valence-corrected chi connectivity index (χ1v) is 10.9. The van der Waals surface area contributed by atoms with Crippen LogP contribution in [0.5, 0.6) is 5.75 Å². The first-order valence-electron chi connectivity index (χ1n) is 10.9. The summed E-state index contributed by atoms with van der Waals surface area (Å²) in [7, 11) is 1.27. The molecule has 0 spiro atoms. The van der Waals surface area contributed by atoms with Crippen molar-refractivity contribution in [3.05, 3.63) is 85.5 Å². The number of para-hydroxylation sites is 1. The zero-order chi connectivity index (χ0) is 23.3. The highest BCUT2D eigenvalue weighted by Gasteiger charge is 2.30. The number of aryl methyl sites for hydroxylation is 3. The summed E-state index contributed by atoms with van der Waals surface area (Å²) >= 11 is 0. The molecule has 1 aliphatic rings. The van der Waals surface area contributed by atoms with Crippen LogP contribution in [0.2, 0.25) is 0 Å². The smallest absolute Gasteiger partial charge is 0.336 e. The van der Waals surface area contributed by atoms with Crippen LogP contribution in [0.3, 0.4) is 0 Å². The van der Waals surface area contributed by atoms with E-state index in [4.69, 9.17) is 9.15 Å². The summed E-state index contributed by atoms with van der Waals surface area (Å²) in [6.07, 6.45) is 1.54. The number of hydrogen-bond donors (Lipinski definition) is 1. The summed E-state index contributed by atoms with van der Waals surface area (Å²) in [5.74, 6) is -1.56. The molecule has 0 bridgehead atoms. The van der Waals surface area contributed by atoms with Crippen molar-refractivity contribution in [1.82, 2.24) is 4.57 Å². The molecule has 0 saturated heterocycles. The van der Waals surface area contributed by atoms with Crippen LogP contribution in [0.4, 0.5) is 0 Å². The number of carbonyl (C=O) groups is 1. The fourth-order valence-electron chi connectivity index (χ4n) is 4.98. The highest BCUT2D eigenvalue weighted by atomic mass is 16.5. The van der Waals surface area contributed by atoms with Crippen LogP contribution in [-0.2, 0) is 22.5 Å². The number of aromatic nitrogens is 1. The average molecular weight is 445 g/mol. The summed E-state index contributed by atoms with van der Waals surface area (Å²) in [4.78, 5) is 38.3. The molecule has 1 N–H and O–H groups in total. The molecule has 0 unspecified atom stereocenters. The molecule has 1 aliphatic heterocycles. The van der Waals surface area contributed by atoms with Gasteiger partial charge in [-0.25, -0.2) is 4.79 Å². The molecule has 0 radical (unpaired) electrons. The number of hydrogen-bond acceptors (Lipinski definition) is 6. The maximum absolute atomic E-state index is 13.7. The van der Waals surface area contributed by atoms with E-state index in [0.29, 0.717) is 23.1 Å². The summed E-state index contributed by atoms with van der Waals surface area (Å²) in [6, 6.07) is 12.2. The highest BCUT2D eigenvalue weighted by Crippen LogP contribution is 2.39. The minimum atomic E-state index is -0.864. The number of phenols is 1. The molecular weight excluding hydrogens is 422 g/mol. The summed E-state index contributed by atoms with van der Waals surface area (Å²) in [6.45, 7) is 2.34. The van der Waals surface area contributed by atoms with Gasteiger partial charge in [-0.15, -0.1) is 0 Å². The third kappa shape index (κ3) is 3.40. The number of nitrogens with zero attached hydrogens (tertiary/aromatic N) is 1. The molecule has 0 amide bonds. The molecular formula is C26H23NO6. The van der Waals surface area contributed by atoms with Gasteiger partial charge in [0.25, 0.3) is 5.56 Å². The largest absolute Gasteiger partial charge is 0.508 e. The second kappa shape index (κ2) is 7.92. The van der Waals surface area contributed by atoms with E-state index in [1.165, 1.54) is 19.2 Å². The van der Waals surface area contributed by atoms with E-state index in [-0.39, 0.29) is 28.9 Å². The number of ether oxygens (including phenoxy) is 1. The van der Waals surface area contributed by atoms with Crippen molar-refractivity contribution in [3.8, 4) is 5.75 Å². The molecule has 2 aromatic carbocycles. The number of esters is 1. The van der Waals surface area contributed by atoms with Gasteiger partial charge in [0, 0.05) is 35.0 Å². The third-order valence-electron chi connectivity index (χ3n) is 6.51. The van der Waals surface area contributed by atoms with Gasteiger partial charge in [0.2, 0.25) is 0 Å². The van der Waals surface area contributed by atoms with Crippen molar-refractivity contribution in [2.45, 2.75) is 38.6 Å². The Bertz CT molecular complexity index is 1540. The molecule has 0 fully saturated rings. The normalized spacial score (nSPS) is 13.9. The van der Waals surface area contributed by atoms with Crippen molar-refractivity contribution in [1.29, 1.82) is 0 Å². The minimum absolute atomic E-state index is 0.156. The molecule has 0 aliphatic carbocycles. The lowest BCUT2D eigenvalue weighted by atomic mass is 9.85.